The predicted molar refractivity (Wildman–Crippen MR) is 70.1 cm³/mol. The Morgan fingerprint density at radius 3 is 3.06 bits per heavy atom. The average molecular weight is 239 g/mol. The maximum absolute atomic E-state index is 4.57. The SMILES string of the molecule is C1=NC2Sc3ccccc3N2c2ccncc21. The van der Waals surface area contributed by atoms with E-state index in [0.29, 0.717) is 0 Å². The number of benzene rings is 1. The molecule has 0 saturated heterocycles. The highest BCUT2D eigenvalue weighted by Gasteiger charge is 2.33. The molecule has 4 heteroatoms. The fourth-order valence-corrected chi connectivity index (χ4v) is 3.37. The lowest BCUT2D eigenvalue weighted by molar-refractivity contribution is 0.920. The lowest BCUT2D eigenvalue weighted by atomic mass is 10.2. The van der Waals surface area contributed by atoms with E-state index in [0.717, 1.165) is 5.56 Å². The van der Waals surface area contributed by atoms with Crippen LogP contribution in [-0.4, -0.2) is 16.7 Å². The molecule has 1 atom stereocenters. The molecule has 2 aliphatic heterocycles. The zero-order chi connectivity index (χ0) is 11.2. The zero-order valence-corrected chi connectivity index (χ0v) is 9.76. The number of nitrogens with zero attached hydrogens (tertiary/aromatic N) is 3. The number of anilines is 2. The molecule has 82 valence electrons. The highest BCUT2D eigenvalue weighted by atomic mass is 32.2. The first kappa shape index (κ1) is 9.24. The van der Waals surface area contributed by atoms with Gasteiger partial charge in [0.25, 0.3) is 0 Å². The van der Waals surface area contributed by atoms with Gasteiger partial charge in [-0.15, -0.1) is 0 Å². The van der Waals surface area contributed by atoms with Crippen LogP contribution < -0.4 is 4.90 Å². The Morgan fingerprint density at radius 1 is 1.12 bits per heavy atom. The molecule has 1 aromatic carbocycles. The number of thioether (sulfide) groups is 1. The molecule has 0 amide bonds. The van der Waals surface area contributed by atoms with Crippen molar-refractivity contribution in [1.29, 1.82) is 0 Å². The van der Waals surface area contributed by atoms with E-state index in [1.54, 1.807) is 11.8 Å². The van der Waals surface area contributed by atoms with Crippen molar-refractivity contribution in [2.75, 3.05) is 4.90 Å². The maximum atomic E-state index is 4.57. The van der Waals surface area contributed by atoms with E-state index in [4.69, 9.17) is 0 Å². The molecule has 3 nitrogen and oxygen atoms in total. The lowest BCUT2D eigenvalue weighted by Crippen LogP contribution is -2.26. The molecule has 0 spiro atoms. The first-order chi connectivity index (χ1) is 8.43. The van der Waals surface area contributed by atoms with Crippen LogP contribution in [0.4, 0.5) is 11.4 Å². The van der Waals surface area contributed by atoms with E-state index in [1.165, 1.54) is 16.3 Å². The van der Waals surface area contributed by atoms with Crippen molar-refractivity contribution in [1.82, 2.24) is 4.98 Å². The number of hydrogen-bond donors (Lipinski definition) is 0. The highest BCUT2D eigenvalue weighted by molar-refractivity contribution is 8.00. The van der Waals surface area contributed by atoms with E-state index >= 15 is 0 Å². The summed E-state index contributed by atoms with van der Waals surface area (Å²) in [6.45, 7) is 0. The van der Waals surface area contributed by atoms with Crippen LogP contribution in [0.25, 0.3) is 0 Å². The van der Waals surface area contributed by atoms with Gasteiger partial charge in [0.05, 0.1) is 11.4 Å². The summed E-state index contributed by atoms with van der Waals surface area (Å²) in [7, 11) is 0. The smallest absolute Gasteiger partial charge is 0.177 e. The second kappa shape index (κ2) is 3.34. The van der Waals surface area contributed by atoms with Gasteiger partial charge in [0, 0.05) is 29.1 Å². The van der Waals surface area contributed by atoms with Gasteiger partial charge >= 0.3 is 0 Å². The Labute approximate surface area is 103 Å². The predicted octanol–water partition coefficient (Wildman–Crippen LogP) is 3.04. The lowest BCUT2D eigenvalue weighted by Gasteiger charge is -2.28. The van der Waals surface area contributed by atoms with Crippen LogP contribution in [0.1, 0.15) is 5.56 Å². The Balaban J connectivity index is 1.96. The van der Waals surface area contributed by atoms with Crippen LogP contribution in [0.5, 0.6) is 0 Å². The second-order valence-corrected chi connectivity index (χ2v) is 5.09. The van der Waals surface area contributed by atoms with Crippen LogP contribution in [0.15, 0.2) is 52.6 Å². The first-order valence-corrected chi connectivity index (χ1v) is 6.33. The fourth-order valence-electron chi connectivity index (χ4n) is 2.25. The molecule has 1 unspecified atom stereocenters. The van der Waals surface area contributed by atoms with E-state index in [1.807, 2.05) is 18.6 Å². The molecule has 1 aromatic heterocycles. The summed E-state index contributed by atoms with van der Waals surface area (Å²) < 4.78 is 0. The third-order valence-corrected chi connectivity index (χ3v) is 4.15. The molecule has 0 bridgehead atoms. The van der Waals surface area contributed by atoms with Crippen molar-refractivity contribution in [3.63, 3.8) is 0 Å². The van der Waals surface area contributed by atoms with Crippen LogP contribution in [0.3, 0.4) is 0 Å². The van der Waals surface area contributed by atoms with Crippen molar-refractivity contribution in [2.24, 2.45) is 4.99 Å². The molecular formula is C13H9N3S. The molecule has 0 N–H and O–H groups in total. The topological polar surface area (TPSA) is 28.5 Å². The Morgan fingerprint density at radius 2 is 2.06 bits per heavy atom. The fraction of sp³-hybridized carbons (Fsp3) is 0.0769. The minimum atomic E-state index is 0.141. The van der Waals surface area contributed by atoms with Crippen molar-refractivity contribution in [3.8, 4) is 0 Å². The number of pyridine rings is 1. The van der Waals surface area contributed by atoms with Gasteiger partial charge in [-0.25, -0.2) is 0 Å². The average Bonchev–Trinajstić information content (AvgIpc) is 2.77. The van der Waals surface area contributed by atoms with Crippen molar-refractivity contribution >= 4 is 29.4 Å². The normalized spacial score (nSPS) is 19.8. The summed E-state index contributed by atoms with van der Waals surface area (Å²) in [5.74, 6) is 0. The molecular weight excluding hydrogens is 230 g/mol. The molecule has 4 rings (SSSR count). The summed E-state index contributed by atoms with van der Waals surface area (Å²) in [4.78, 5) is 12.3. The highest BCUT2D eigenvalue weighted by Crippen LogP contribution is 2.49. The quantitative estimate of drug-likeness (QED) is 0.707. The molecule has 2 aromatic rings. The largest absolute Gasteiger partial charge is 0.308 e. The van der Waals surface area contributed by atoms with Gasteiger partial charge in [-0.2, -0.15) is 0 Å². The minimum absolute atomic E-state index is 0.141. The number of fused-ring (bicyclic) bond motifs is 5. The van der Waals surface area contributed by atoms with Gasteiger partial charge in [0.15, 0.2) is 5.50 Å². The van der Waals surface area contributed by atoms with Gasteiger partial charge in [-0.1, -0.05) is 23.9 Å². The zero-order valence-electron chi connectivity index (χ0n) is 8.95. The monoisotopic (exact) mass is 239 g/mol. The summed E-state index contributed by atoms with van der Waals surface area (Å²) >= 11 is 1.79. The van der Waals surface area contributed by atoms with E-state index < -0.39 is 0 Å². The minimum Gasteiger partial charge on any atom is -0.308 e. The molecule has 0 radical (unpaired) electrons. The Kier molecular flexibility index (Phi) is 1.82. The molecule has 3 heterocycles. The molecule has 0 aliphatic carbocycles. The van der Waals surface area contributed by atoms with E-state index in [9.17, 15) is 0 Å². The number of rotatable bonds is 0. The molecule has 0 fully saturated rings. The van der Waals surface area contributed by atoms with Gasteiger partial charge < -0.3 is 4.90 Å². The van der Waals surface area contributed by atoms with Crippen LogP contribution >= 0.6 is 11.8 Å². The second-order valence-electron chi connectivity index (χ2n) is 3.99. The van der Waals surface area contributed by atoms with E-state index in [2.05, 4.69) is 45.2 Å². The number of aromatic nitrogens is 1. The summed E-state index contributed by atoms with van der Waals surface area (Å²) in [5, 5.41) is 0. The third-order valence-electron chi connectivity index (χ3n) is 3.01. The Bertz CT molecular complexity index is 624. The van der Waals surface area contributed by atoms with Crippen molar-refractivity contribution < 1.29 is 0 Å². The van der Waals surface area contributed by atoms with Crippen LogP contribution in [0, 0.1) is 0 Å². The van der Waals surface area contributed by atoms with Gasteiger partial charge in [0.2, 0.25) is 0 Å². The summed E-state index contributed by atoms with van der Waals surface area (Å²) in [6, 6.07) is 10.5. The third kappa shape index (κ3) is 1.24. The number of para-hydroxylation sites is 1. The first-order valence-electron chi connectivity index (χ1n) is 5.45. The summed E-state index contributed by atoms with van der Waals surface area (Å²) in [6.07, 6.45) is 5.61. The van der Waals surface area contributed by atoms with Gasteiger partial charge in [0.1, 0.15) is 0 Å². The van der Waals surface area contributed by atoms with Crippen LogP contribution in [-0.2, 0) is 0 Å². The standard InChI is InChI=1S/C13H9N3S/c1-2-4-12-11(3-1)16-10-5-6-14-7-9(10)8-15-13(16)17-12/h1-8,13H. The van der Waals surface area contributed by atoms with Gasteiger partial charge in [-0.05, 0) is 18.2 Å². The van der Waals surface area contributed by atoms with Crippen molar-refractivity contribution in [3.05, 3.63) is 48.3 Å². The molecule has 17 heavy (non-hydrogen) atoms. The van der Waals surface area contributed by atoms with Crippen molar-refractivity contribution in [2.45, 2.75) is 10.4 Å². The maximum Gasteiger partial charge on any atom is 0.177 e. The van der Waals surface area contributed by atoms with Crippen LogP contribution in [0.2, 0.25) is 0 Å². The van der Waals surface area contributed by atoms with Gasteiger partial charge in [-0.3, -0.25) is 9.98 Å². The molecule has 0 saturated carbocycles. The Hall–Kier alpha value is -1.81. The number of hydrogen-bond acceptors (Lipinski definition) is 4. The van der Waals surface area contributed by atoms with E-state index in [-0.39, 0.29) is 5.50 Å². The number of aliphatic imine (C=N–C) groups is 1. The summed E-state index contributed by atoms with van der Waals surface area (Å²) in [5.41, 5.74) is 3.66. The molecule has 2 aliphatic rings.